The van der Waals surface area contributed by atoms with Crippen LogP contribution in [-0.4, -0.2) is 73.9 Å². The van der Waals surface area contributed by atoms with Gasteiger partial charge in [-0.1, -0.05) is 29.8 Å². The van der Waals surface area contributed by atoms with Crippen molar-refractivity contribution in [2.24, 2.45) is 0 Å². The molecule has 0 saturated carbocycles. The molecule has 1 fully saturated rings. The van der Waals surface area contributed by atoms with Gasteiger partial charge in [-0.25, -0.2) is 0 Å². The Labute approximate surface area is 205 Å². The fourth-order valence-electron chi connectivity index (χ4n) is 3.81. The van der Waals surface area contributed by atoms with Crippen LogP contribution in [0.5, 0.6) is 17.5 Å². The van der Waals surface area contributed by atoms with Gasteiger partial charge >= 0.3 is 0 Å². The SMILES string of the molecule is COc1ccc(Oc2ccc(Cc3cc([C@]4(O)O[C@H](CO)[C@@H](O)[C@H](O)[C@H]4O)ccc3Cl)cc2)nn1. The number of hydrogen-bond acceptors (Lipinski definition) is 10. The van der Waals surface area contributed by atoms with Gasteiger partial charge in [0.05, 0.1) is 13.7 Å². The first-order valence-electron chi connectivity index (χ1n) is 10.7. The third-order valence-corrected chi connectivity index (χ3v) is 6.16. The van der Waals surface area contributed by atoms with Gasteiger partial charge < -0.3 is 39.7 Å². The number of hydrogen-bond donors (Lipinski definition) is 5. The van der Waals surface area contributed by atoms with E-state index >= 15 is 0 Å². The summed E-state index contributed by atoms with van der Waals surface area (Å²) in [6, 6.07) is 15.0. The molecule has 0 spiro atoms. The number of aliphatic hydroxyl groups excluding tert-OH is 4. The summed E-state index contributed by atoms with van der Waals surface area (Å²) in [5.41, 5.74) is 1.61. The predicted molar refractivity (Wildman–Crippen MR) is 123 cm³/mol. The number of halogens is 1. The maximum Gasteiger partial charge on any atom is 0.239 e. The van der Waals surface area contributed by atoms with Crippen LogP contribution in [0.15, 0.2) is 54.6 Å². The second kappa shape index (κ2) is 10.4. The number of ether oxygens (including phenoxy) is 3. The highest BCUT2D eigenvalue weighted by molar-refractivity contribution is 6.31. The van der Waals surface area contributed by atoms with E-state index in [1.54, 1.807) is 30.3 Å². The smallest absolute Gasteiger partial charge is 0.239 e. The lowest BCUT2D eigenvalue weighted by Crippen LogP contribution is -2.63. The fourth-order valence-corrected chi connectivity index (χ4v) is 4.00. The fraction of sp³-hybridized carbons (Fsp3) is 0.333. The highest BCUT2D eigenvalue weighted by Gasteiger charge is 2.53. The Morgan fingerprint density at radius 3 is 2.29 bits per heavy atom. The van der Waals surface area contributed by atoms with Crippen LogP contribution in [0.1, 0.15) is 16.7 Å². The molecule has 35 heavy (non-hydrogen) atoms. The maximum absolute atomic E-state index is 11.1. The van der Waals surface area contributed by atoms with Gasteiger partial charge in [0.25, 0.3) is 0 Å². The van der Waals surface area contributed by atoms with Crippen molar-refractivity contribution in [3.05, 3.63) is 76.3 Å². The standard InChI is InChI=1S/C24H25ClN2O8/c1-33-19-8-9-20(27-26-19)34-16-5-2-13(3-6-16)10-14-11-15(4-7-17(14)25)24(32)23(31)22(30)21(29)18(12-28)35-24/h2-9,11,18,21-23,28-32H,10,12H2,1H3/t18-,21-,22+,23-,24+/m1/s1. The molecule has 0 bridgehead atoms. The molecule has 1 aromatic heterocycles. The molecule has 0 unspecified atom stereocenters. The molecule has 11 heteroatoms. The zero-order valence-corrected chi connectivity index (χ0v) is 19.4. The van der Waals surface area contributed by atoms with Crippen LogP contribution in [0.3, 0.4) is 0 Å². The van der Waals surface area contributed by atoms with Crippen molar-refractivity contribution in [2.75, 3.05) is 13.7 Å². The molecule has 2 aromatic carbocycles. The summed E-state index contributed by atoms with van der Waals surface area (Å²) < 4.78 is 16.0. The van der Waals surface area contributed by atoms with Gasteiger partial charge in [0.2, 0.25) is 17.5 Å². The van der Waals surface area contributed by atoms with Crippen molar-refractivity contribution < 1.29 is 39.7 Å². The van der Waals surface area contributed by atoms with Gasteiger partial charge in [-0.2, -0.15) is 0 Å². The van der Waals surface area contributed by atoms with Crippen molar-refractivity contribution in [1.29, 1.82) is 0 Å². The van der Waals surface area contributed by atoms with Crippen molar-refractivity contribution in [1.82, 2.24) is 10.2 Å². The number of methoxy groups -OCH3 is 1. The summed E-state index contributed by atoms with van der Waals surface area (Å²) in [6.07, 6.45) is -6.07. The van der Waals surface area contributed by atoms with E-state index in [-0.39, 0.29) is 5.56 Å². The van der Waals surface area contributed by atoms with E-state index in [0.29, 0.717) is 34.5 Å². The van der Waals surface area contributed by atoms with E-state index in [9.17, 15) is 25.5 Å². The Balaban J connectivity index is 1.52. The molecule has 3 aromatic rings. The Bertz CT molecular complexity index is 1150. The lowest BCUT2D eigenvalue weighted by Gasteiger charge is -2.45. The van der Waals surface area contributed by atoms with E-state index in [2.05, 4.69) is 10.2 Å². The monoisotopic (exact) mass is 504 g/mol. The Hall–Kier alpha value is -2.83. The van der Waals surface area contributed by atoms with Crippen LogP contribution in [-0.2, 0) is 16.9 Å². The molecule has 0 amide bonds. The molecule has 1 aliphatic rings. The third-order valence-electron chi connectivity index (χ3n) is 5.79. The van der Waals surface area contributed by atoms with Crippen molar-refractivity contribution in [2.45, 2.75) is 36.6 Å². The number of aromatic nitrogens is 2. The summed E-state index contributed by atoms with van der Waals surface area (Å²) in [6.45, 7) is -0.662. The van der Waals surface area contributed by atoms with Crippen LogP contribution in [0.25, 0.3) is 0 Å². The minimum atomic E-state index is -2.36. The predicted octanol–water partition coefficient (Wildman–Crippen LogP) is 1.14. The molecule has 4 rings (SSSR count). The Morgan fingerprint density at radius 1 is 0.971 bits per heavy atom. The van der Waals surface area contributed by atoms with Gasteiger partial charge in [-0.05, 0) is 41.8 Å². The summed E-state index contributed by atoms with van der Waals surface area (Å²) in [7, 11) is 1.50. The van der Waals surface area contributed by atoms with Crippen molar-refractivity contribution in [3.63, 3.8) is 0 Å². The van der Waals surface area contributed by atoms with Gasteiger partial charge in [-0.3, -0.25) is 0 Å². The minimum Gasteiger partial charge on any atom is -0.480 e. The molecule has 1 saturated heterocycles. The van der Waals surface area contributed by atoms with Crippen molar-refractivity contribution in [3.8, 4) is 17.5 Å². The molecule has 5 atom stereocenters. The number of nitrogens with zero attached hydrogens (tertiary/aromatic N) is 2. The van der Waals surface area contributed by atoms with E-state index in [1.807, 2.05) is 12.1 Å². The Morgan fingerprint density at radius 2 is 1.66 bits per heavy atom. The number of rotatable bonds is 7. The number of aliphatic hydroxyl groups is 5. The average molecular weight is 505 g/mol. The summed E-state index contributed by atoms with van der Waals surface area (Å²) in [4.78, 5) is 0. The molecule has 0 aliphatic carbocycles. The molecule has 2 heterocycles. The largest absolute Gasteiger partial charge is 0.480 e. The molecular weight excluding hydrogens is 480 g/mol. The molecule has 186 valence electrons. The second-order valence-electron chi connectivity index (χ2n) is 8.10. The minimum absolute atomic E-state index is 0.117. The van der Waals surface area contributed by atoms with Crippen molar-refractivity contribution >= 4 is 11.6 Å². The van der Waals surface area contributed by atoms with Gasteiger partial charge in [0.15, 0.2) is 0 Å². The lowest BCUT2D eigenvalue weighted by molar-refractivity contribution is -0.357. The summed E-state index contributed by atoms with van der Waals surface area (Å²) >= 11 is 6.37. The van der Waals surface area contributed by atoms with E-state index in [4.69, 9.17) is 25.8 Å². The lowest BCUT2D eigenvalue weighted by atomic mass is 9.87. The van der Waals surface area contributed by atoms with Crippen LogP contribution in [0, 0.1) is 0 Å². The molecule has 0 radical (unpaired) electrons. The Kier molecular flexibility index (Phi) is 7.53. The summed E-state index contributed by atoms with van der Waals surface area (Å²) in [5, 5.41) is 59.2. The first-order chi connectivity index (χ1) is 16.7. The van der Waals surface area contributed by atoms with Gasteiger partial charge in [-0.15, -0.1) is 10.2 Å². The highest BCUT2D eigenvalue weighted by atomic mass is 35.5. The first kappa shape index (κ1) is 25.3. The second-order valence-corrected chi connectivity index (χ2v) is 8.51. The number of benzene rings is 2. The first-order valence-corrected chi connectivity index (χ1v) is 11.1. The quantitative estimate of drug-likeness (QED) is 0.316. The van der Waals surface area contributed by atoms with Gasteiger partial charge in [0, 0.05) is 22.7 Å². The highest BCUT2D eigenvalue weighted by Crippen LogP contribution is 2.38. The van der Waals surface area contributed by atoms with Crippen LogP contribution in [0.4, 0.5) is 0 Å². The van der Waals surface area contributed by atoms with Gasteiger partial charge in [0.1, 0.15) is 30.2 Å². The molecule has 1 aliphatic heterocycles. The molecule has 10 nitrogen and oxygen atoms in total. The van der Waals surface area contributed by atoms with Crippen LogP contribution in [0.2, 0.25) is 5.02 Å². The third kappa shape index (κ3) is 5.24. The van der Waals surface area contributed by atoms with E-state index in [1.165, 1.54) is 19.2 Å². The van der Waals surface area contributed by atoms with E-state index in [0.717, 1.165) is 5.56 Å². The maximum atomic E-state index is 11.1. The van der Waals surface area contributed by atoms with Crippen LogP contribution >= 0.6 is 11.6 Å². The topological polar surface area (TPSA) is 155 Å². The van der Waals surface area contributed by atoms with Crippen LogP contribution < -0.4 is 9.47 Å². The zero-order chi connectivity index (χ0) is 25.2. The summed E-state index contributed by atoms with van der Waals surface area (Å²) in [5.74, 6) is -1.13. The average Bonchev–Trinajstić information content (AvgIpc) is 2.88. The van der Waals surface area contributed by atoms with E-state index < -0.39 is 36.8 Å². The zero-order valence-electron chi connectivity index (χ0n) is 18.7. The normalized spacial score (nSPS) is 26.4. The molecule has 5 N–H and O–H groups in total. The molecular formula is C24H25ClN2O8.